The number of hydrogen-bond donors (Lipinski definition) is 2. The van der Waals surface area contributed by atoms with Crippen LogP contribution in [0.1, 0.15) is 29.4 Å². The average Bonchev–Trinajstić information content (AvgIpc) is 2.88. The molecule has 2 aromatic heterocycles. The highest BCUT2D eigenvalue weighted by Crippen LogP contribution is 2.37. The highest BCUT2D eigenvalue weighted by atomic mass is 15.1. The molecule has 138 valence electrons. The van der Waals surface area contributed by atoms with Crippen LogP contribution in [0.15, 0.2) is 30.3 Å². The molecule has 0 aliphatic carbocycles. The molecule has 4 aromatic rings. The molecule has 0 saturated heterocycles. The Morgan fingerprint density at radius 1 is 1.00 bits per heavy atom. The zero-order valence-electron chi connectivity index (χ0n) is 16.5. The molecule has 2 heterocycles. The molecule has 2 aromatic carbocycles. The maximum atomic E-state index is 6.35. The van der Waals surface area contributed by atoms with Crippen LogP contribution < -0.4 is 11.1 Å². The summed E-state index contributed by atoms with van der Waals surface area (Å²) in [5, 5.41) is 5.37. The average molecular weight is 359 g/mol. The first-order chi connectivity index (χ1) is 12.9. The predicted octanol–water partition coefficient (Wildman–Crippen LogP) is 4.82. The van der Waals surface area contributed by atoms with Crippen LogP contribution in [0, 0.1) is 27.7 Å². The lowest BCUT2D eigenvalue weighted by atomic mass is 10.0. The fourth-order valence-corrected chi connectivity index (χ4v) is 4.11. The highest BCUT2D eigenvalue weighted by molar-refractivity contribution is 6.13. The van der Waals surface area contributed by atoms with Crippen molar-refractivity contribution in [3.8, 4) is 5.69 Å². The van der Waals surface area contributed by atoms with Crippen LogP contribution in [0.25, 0.3) is 27.6 Å². The van der Waals surface area contributed by atoms with Crippen molar-refractivity contribution in [1.29, 1.82) is 0 Å². The second-order valence-electron chi connectivity index (χ2n) is 7.20. The van der Waals surface area contributed by atoms with Gasteiger partial charge >= 0.3 is 0 Å². The monoisotopic (exact) mass is 359 g/mol. The van der Waals surface area contributed by atoms with E-state index in [0.29, 0.717) is 11.6 Å². The van der Waals surface area contributed by atoms with Crippen LogP contribution in [0.3, 0.4) is 0 Å². The third-order valence-electron chi connectivity index (χ3n) is 4.99. The quantitative estimate of drug-likeness (QED) is 0.550. The van der Waals surface area contributed by atoms with Gasteiger partial charge in [0.2, 0.25) is 0 Å². The van der Waals surface area contributed by atoms with Gasteiger partial charge < -0.3 is 11.1 Å². The predicted molar refractivity (Wildman–Crippen MR) is 114 cm³/mol. The molecule has 0 amide bonds. The van der Waals surface area contributed by atoms with Crippen LogP contribution in [-0.2, 0) is 0 Å². The molecule has 3 N–H and O–H groups in total. The van der Waals surface area contributed by atoms with Crippen molar-refractivity contribution >= 4 is 33.4 Å². The lowest BCUT2D eigenvalue weighted by molar-refractivity contribution is 1.03. The van der Waals surface area contributed by atoms with Gasteiger partial charge in [0.05, 0.1) is 16.6 Å². The Morgan fingerprint density at radius 3 is 2.37 bits per heavy atom. The molecule has 5 nitrogen and oxygen atoms in total. The summed E-state index contributed by atoms with van der Waals surface area (Å²) in [6, 6.07) is 10.8. The number of nitrogens with zero attached hydrogens (tertiary/aromatic N) is 3. The van der Waals surface area contributed by atoms with Gasteiger partial charge in [0, 0.05) is 17.6 Å². The van der Waals surface area contributed by atoms with Crippen molar-refractivity contribution in [2.45, 2.75) is 34.6 Å². The lowest BCUT2D eigenvalue weighted by Gasteiger charge is -2.15. The van der Waals surface area contributed by atoms with E-state index in [4.69, 9.17) is 10.7 Å². The maximum Gasteiger partial charge on any atom is 0.151 e. The summed E-state index contributed by atoms with van der Waals surface area (Å²) in [4.78, 5) is 9.21. The zero-order chi connectivity index (χ0) is 19.3. The lowest BCUT2D eigenvalue weighted by Crippen LogP contribution is -2.04. The van der Waals surface area contributed by atoms with Crippen LogP contribution in [-0.4, -0.2) is 21.1 Å². The Labute approximate surface area is 159 Å². The van der Waals surface area contributed by atoms with E-state index >= 15 is 0 Å². The van der Waals surface area contributed by atoms with Gasteiger partial charge in [-0.1, -0.05) is 17.7 Å². The Hall–Kier alpha value is -3.08. The standard InChI is InChI=1S/C22H25N5/c1-6-24-16-7-8-18-17(11-16)19-21(23)25-15(5)26-22(19)27(18)20-13(3)9-12(2)10-14(20)4/h7-11,24H,6H2,1-5H3,(H2,23,25,26). The summed E-state index contributed by atoms with van der Waals surface area (Å²) in [5.41, 5.74) is 14.2. The molecule has 0 aliphatic heterocycles. The summed E-state index contributed by atoms with van der Waals surface area (Å²) in [5.74, 6) is 1.20. The van der Waals surface area contributed by atoms with Gasteiger partial charge in [-0.15, -0.1) is 0 Å². The topological polar surface area (TPSA) is 68.8 Å². The van der Waals surface area contributed by atoms with Crippen molar-refractivity contribution < 1.29 is 0 Å². The second kappa shape index (κ2) is 6.27. The summed E-state index contributed by atoms with van der Waals surface area (Å²) in [7, 11) is 0. The van der Waals surface area contributed by atoms with Crippen LogP contribution in [0.4, 0.5) is 11.5 Å². The molecule has 0 radical (unpaired) electrons. The fraction of sp³-hybridized carbons (Fsp3) is 0.273. The first-order valence-electron chi connectivity index (χ1n) is 9.31. The molecule has 0 atom stereocenters. The number of fused-ring (bicyclic) bond motifs is 3. The molecule has 5 heteroatoms. The minimum absolute atomic E-state index is 0.525. The fourth-order valence-electron chi connectivity index (χ4n) is 4.11. The van der Waals surface area contributed by atoms with Crippen LogP contribution in [0.2, 0.25) is 0 Å². The molecule has 0 spiro atoms. The molecule has 0 bridgehead atoms. The molecule has 0 saturated carbocycles. The van der Waals surface area contributed by atoms with Gasteiger partial charge in [-0.05, 0) is 63.9 Å². The number of anilines is 2. The van der Waals surface area contributed by atoms with E-state index in [2.05, 4.69) is 72.9 Å². The van der Waals surface area contributed by atoms with Crippen molar-refractivity contribution in [2.75, 3.05) is 17.6 Å². The molecule has 0 unspecified atom stereocenters. The SMILES string of the molecule is CCNc1ccc2c(c1)c1c(N)nc(C)nc1n2-c1c(C)cc(C)cc1C. The van der Waals surface area contributed by atoms with Crippen LogP contribution >= 0.6 is 0 Å². The Kier molecular flexibility index (Phi) is 4.02. The van der Waals surface area contributed by atoms with Crippen LogP contribution in [0.5, 0.6) is 0 Å². The second-order valence-corrected chi connectivity index (χ2v) is 7.20. The Bertz CT molecular complexity index is 1160. The number of aromatic nitrogens is 3. The largest absolute Gasteiger partial charge is 0.385 e. The summed E-state index contributed by atoms with van der Waals surface area (Å²) >= 11 is 0. The third-order valence-corrected chi connectivity index (χ3v) is 4.99. The van der Waals surface area contributed by atoms with Crippen molar-refractivity contribution in [2.24, 2.45) is 0 Å². The van der Waals surface area contributed by atoms with Crippen molar-refractivity contribution in [3.05, 3.63) is 52.8 Å². The highest BCUT2D eigenvalue weighted by Gasteiger charge is 2.19. The van der Waals surface area contributed by atoms with Gasteiger partial charge in [-0.2, -0.15) is 0 Å². The van der Waals surface area contributed by atoms with E-state index in [1.165, 1.54) is 16.7 Å². The molecular formula is C22H25N5. The number of aryl methyl sites for hydroxylation is 4. The third kappa shape index (κ3) is 2.70. The Morgan fingerprint density at radius 2 is 1.70 bits per heavy atom. The Balaban J connectivity index is 2.20. The van der Waals surface area contributed by atoms with Gasteiger partial charge in [0.15, 0.2) is 5.65 Å². The zero-order valence-corrected chi connectivity index (χ0v) is 16.5. The van der Waals surface area contributed by atoms with E-state index in [1.807, 2.05) is 6.92 Å². The van der Waals surface area contributed by atoms with E-state index in [1.54, 1.807) is 0 Å². The molecule has 0 aliphatic rings. The van der Waals surface area contributed by atoms with Gasteiger partial charge in [-0.25, -0.2) is 9.97 Å². The smallest absolute Gasteiger partial charge is 0.151 e. The number of hydrogen-bond acceptors (Lipinski definition) is 4. The summed E-state index contributed by atoms with van der Waals surface area (Å²) in [6.45, 7) is 11.3. The minimum atomic E-state index is 0.525. The number of rotatable bonds is 3. The first kappa shape index (κ1) is 17.3. The van der Waals surface area contributed by atoms with Gasteiger partial charge in [0.25, 0.3) is 0 Å². The van der Waals surface area contributed by atoms with Gasteiger partial charge in [0.1, 0.15) is 11.6 Å². The van der Waals surface area contributed by atoms with E-state index in [0.717, 1.165) is 39.9 Å². The number of nitrogens with two attached hydrogens (primary N) is 1. The summed E-state index contributed by atoms with van der Waals surface area (Å²) in [6.07, 6.45) is 0. The molecule has 4 rings (SSSR count). The first-order valence-corrected chi connectivity index (χ1v) is 9.31. The van der Waals surface area contributed by atoms with E-state index in [-0.39, 0.29) is 0 Å². The minimum Gasteiger partial charge on any atom is -0.385 e. The van der Waals surface area contributed by atoms with E-state index < -0.39 is 0 Å². The normalized spacial score (nSPS) is 11.4. The van der Waals surface area contributed by atoms with Crippen molar-refractivity contribution in [3.63, 3.8) is 0 Å². The van der Waals surface area contributed by atoms with E-state index in [9.17, 15) is 0 Å². The molecular weight excluding hydrogens is 334 g/mol. The molecule has 0 fully saturated rings. The van der Waals surface area contributed by atoms with Crippen molar-refractivity contribution in [1.82, 2.24) is 14.5 Å². The van der Waals surface area contributed by atoms with Gasteiger partial charge in [-0.3, -0.25) is 4.57 Å². The maximum absolute atomic E-state index is 6.35. The number of nitrogens with one attached hydrogen (secondary N) is 1. The summed E-state index contributed by atoms with van der Waals surface area (Å²) < 4.78 is 2.23. The number of benzene rings is 2. The number of nitrogen functional groups attached to an aromatic ring is 1. The molecule has 27 heavy (non-hydrogen) atoms.